The summed E-state index contributed by atoms with van der Waals surface area (Å²) in [5.74, 6) is 2.31. The lowest BCUT2D eigenvalue weighted by atomic mass is 9.71. The zero-order chi connectivity index (χ0) is 70.4. The van der Waals surface area contributed by atoms with E-state index >= 15 is 0 Å². The van der Waals surface area contributed by atoms with Gasteiger partial charge in [-0.3, -0.25) is 90.5 Å². The van der Waals surface area contributed by atoms with Crippen molar-refractivity contribution in [2.24, 2.45) is 47.3 Å². The van der Waals surface area contributed by atoms with Gasteiger partial charge in [-0.15, -0.1) is 0 Å². The Morgan fingerprint density at radius 3 is 1.25 bits per heavy atom. The number of carbonyl (C=O) groups excluding carboxylic acids is 4. The van der Waals surface area contributed by atoms with E-state index in [4.69, 9.17) is 0 Å². The third kappa shape index (κ3) is 15.1. The van der Waals surface area contributed by atoms with Crippen LogP contribution >= 0.6 is 0 Å². The van der Waals surface area contributed by atoms with Crippen molar-refractivity contribution in [3.63, 3.8) is 0 Å². The van der Waals surface area contributed by atoms with Crippen LogP contribution in [0.4, 0.5) is 0 Å². The van der Waals surface area contributed by atoms with E-state index in [0.29, 0.717) is 50.7 Å². The molecule has 13 rings (SSSR count). The van der Waals surface area contributed by atoms with Crippen molar-refractivity contribution in [2.75, 3.05) is 19.6 Å². The van der Waals surface area contributed by atoms with Gasteiger partial charge in [-0.2, -0.15) is 0 Å². The Kier molecular flexibility index (Phi) is 23.3. The van der Waals surface area contributed by atoms with Crippen molar-refractivity contribution >= 4 is 66.7 Å². The summed E-state index contributed by atoms with van der Waals surface area (Å²) >= 11 is 0. The van der Waals surface area contributed by atoms with Crippen LogP contribution in [-0.4, -0.2) is 82.3 Å². The summed E-state index contributed by atoms with van der Waals surface area (Å²) in [6.07, 6.45) is 45.7. The number of rotatable bonds is 38. The summed E-state index contributed by atoms with van der Waals surface area (Å²) in [6.45, 7) is 4.50. The molecule has 0 spiro atoms. The quantitative estimate of drug-likeness (QED) is 0.0259. The molecule has 4 aromatic heterocycles. The largest absolute Gasteiger partial charge is 0.285 e. The molecule has 7 aliphatic rings. The van der Waals surface area contributed by atoms with E-state index in [1.165, 1.54) is 168 Å². The Labute approximate surface area is 590 Å². The van der Waals surface area contributed by atoms with Gasteiger partial charge in [0.25, 0.3) is 68.1 Å². The van der Waals surface area contributed by atoms with Crippen molar-refractivity contribution in [1.82, 2.24) is 33.0 Å². The highest BCUT2D eigenvalue weighted by Gasteiger charge is 2.57. The predicted octanol–water partition coefficient (Wildman–Crippen LogP) is 12.3. The van der Waals surface area contributed by atoms with Crippen LogP contribution in [0.15, 0.2) is 86.9 Å². The molecule has 6 aromatic rings. The molecular formula is C82H107N7O12. The molecule has 7 heterocycles. The third-order valence-corrected chi connectivity index (χ3v) is 25.8. The van der Waals surface area contributed by atoms with Crippen LogP contribution < -0.4 is 44.5 Å². The lowest BCUT2D eigenvalue weighted by Gasteiger charge is -2.41. The first-order chi connectivity index (χ1) is 49.1. The molecule has 10 atom stereocenters. The molecule has 4 saturated carbocycles. The van der Waals surface area contributed by atoms with Gasteiger partial charge in [-0.1, -0.05) is 200 Å². The minimum absolute atomic E-state index is 0.00131. The number of hydrogen-bond acceptors (Lipinski definition) is 13. The summed E-state index contributed by atoms with van der Waals surface area (Å²) in [4.78, 5) is 167. The van der Waals surface area contributed by atoms with E-state index in [2.05, 4.69) is 11.8 Å². The second kappa shape index (κ2) is 32.6. The number of fused-ring (bicyclic) bond motifs is 9. The number of aromatic nitrogens is 4. The highest BCUT2D eigenvalue weighted by atomic mass is 16.2. The molecule has 2 bridgehead atoms. The van der Waals surface area contributed by atoms with Gasteiger partial charge in [0.05, 0.1) is 49.8 Å². The fourth-order valence-electron chi connectivity index (χ4n) is 20.5. The average molecular weight is 1380 g/mol. The van der Waals surface area contributed by atoms with E-state index in [0.717, 1.165) is 134 Å². The number of nitrogens with zero attached hydrogens (tertiary/aromatic N) is 7. The maximum Gasteiger partial charge on any atom is 0.262 e. The van der Waals surface area contributed by atoms with Gasteiger partial charge in [0, 0.05) is 69.1 Å². The molecule has 5 fully saturated rings. The van der Waals surface area contributed by atoms with Crippen LogP contribution in [0.3, 0.4) is 0 Å². The number of benzene rings is 2. The zero-order valence-electron chi connectivity index (χ0n) is 59.8. The monoisotopic (exact) mass is 1380 g/mol. The van der Waals surface area contributed by atoms with Gasteiger partial charge in [0.15, 0.2) is 0 Å². The number of imide groups is 2. The molecule has 19 heteroatoms. The third-order valence-electron chi connectivity index (χ3n) is 25.8. The van der Waals surface area contributed by atoms with Gasteiger partial charge >= 0.3 is 0 Å². The normalized spacial score (nSPS) is 24.1. The van der Waals surface area contributed by atoms with E-state index in [1.54, 1.807) is 4.90 Å². The topological polar surface area (TPSA) is 234 Å². The Hall–Kier alpha value is -7.28. The van der Waals surface area contributed by atoms with Crippen molar-refractivity contribution in [1.29, 1.82) is 0 Å². The molecule has 4 amide bonds. The lowest BCUT2D eigenvalue weighted by molar-refractivity contribution is -0.142. The van der Waals surface area contributed by atoms with Crippen molar-refractivity contribution in [2.45, 2.75) is 276 Å². The number of carbonyl (C=O) groups is 4. The fourth-order valence-corrected chi connectivity index (χ4v) is 20.5. The first-order valence-electron chi connectivity index (χ1n) is 39.7. The highest BCUT2D eigenvalue weighted by molar-refractivity contribution is 6.13. The van der Waals surface area contributed by atoms with Crippen LogP contribution in [0.2, 0.25) is 0 Å². The summed E-state index contributed by atoms with van der Waals surface area (Å²) in [6, 6.07) is 5.39. The first kappa shape index (κ1) is 72.1. The summed E-state index contributed by atoms with van der Waals surface area (Å²) in [7, 11) is 0. The SMILES string of the molecule is CCCCCCCC(C1CCCCC1CCCCCCCCn1c(=O)c2cc3c(=O)n(C4CC5CC4C4CN(Cn6c(=O)c7cc8c(=O)n(CCCCCCCCC9CCCCC9CCCCCCCCN9C(=O)C=CC9=O)c(=O)c8cc7c6=O)CC54)c(=O)c3cc2c1=O)N1C(=O)C=CC1=O. The van der Waals surface area contributed by atoms with E-state index in [9.17, 15) is 57.5 Å². The average Bonchev–Trinajstić information content (AvgIpc) is 1.56. The maximum absolute atomic E-state index is 14.4. The first-order valence-corrected chi connectivity index (χ1v) is 39.7. The molecule has 4 aliphatic carbocycles. The molecule has 1 saturated heterocycles. The minimum Gasteiger partial charge on any atom is -0.285 e. The van der Waals surface area contributed by atoms with Crippen LogP contribution in [0.5, 0.6) is 0 Å². The number of unbranched alkanes of at least 4 members (excludes halogenated alkanes) is 19. The van der Waals surface area contributed by atoms with E-state index in [-0.39, 0.29) is 122 Å². The van der Waals surface area contributed by atoms with Crippen LogP contribution in [-0.2, 0) is 38.9 Å². The van der Waals surface area contributed by atoms with Crippen molar-refractivity contribution < 1.29 is 19.2 Å². The standard InChI is InChI=1S/C82H107N7O12/c1-2-3-4-11-21-36-69(88-73(92)39-40-74(88)93)57-35-25-24-34-55(57)33-20-14-7-10-17-28-43-86-77(96)61-48-65-66(49-62(61)78(86)97)82(101)89(81(65)100)70-45-56-44-58(70)68-51-83(50-67(56)68)52-87-79(98)63-46-59-60(47-64(63)80(87)99)76(95)85(75(59)94)42-27-16-9-6-13-19-30-54-32-23-22-31-53(54)29-18-12-5-8-15-26-41-84-71(90)37-38-72(84)91/h37-40,46-49,53-58,67-70H,2-36,41-45,50-52H2,1H3. The van der Waals surface area contributed by atoms with Gasteiger partial charge < -0.3 is 0 Å². The maximum atomic E-state index is 14.4. The summed E-state index contributed by atoms with van der Waals surface area (Å²) < 4.78 is 5.10. The molecule has 2 aromatic carbocycles. The molecule has 0 radical (unpaired) electrons. The van der Waals surface area contributed by atoms with Crippen molar-refractivity contribution in [3.8, 4) is 0 Å². The summed E-state index contributed by atoms with van der Waals surface area (Å²) in [5, 5.41) is 1.18. The highest BCUT2D eigenvalue weighted by Crippen LogP contribution is 2.59. The molecular weight excluding hydrogens is 1270 g/mol. The van der Waals surface area contributed by atoms with Gasteiger partial charge in [0.1, 0.15) is 0 Å². The Morgan fingerprint density at radius 1 is 0.366 bits per heavy atom. The number of hydrogen-bond donors (Lipinski definition) is 0. The van der Waals surface area contributed by atoms with Crippen LogP contribution in [0.1, 0.15) is 251 Å². The molecule has 10 unspecified atom stereocenters. The minimum atomic E-state index is -0.500. The van der Waals surface area contributed by atoms with Gasteiger partial charge in [-0.25, -0.2) is 0 Å². The molecule has 0 N–H and O–H groups in total. The number of amides is 4. The van der Waals surface area contributed by atoms with Crippen LogP contribution in [0, 0.1) is 47.3 Å². The second-order valence-electron chi connectivity index (χ2n) is 32.0. The zero-order valence-corrected chi connectivity index (χ0v) is 59.8. The van der Waals surface area contributed by atoms with Gasteiger partial charge in [0.2, 0.25) is 0 Å². The Balaban J connectivity index is 0.550. The van der Waals surface area contributed by atoms with Crippen LogP contribution in [0.25, 0.3) is 43.1 Å². The van der Waals surface area contributed by atoms with Crippen molar-refractivity contribution in [3.05, 3.63) is 131 Å². The molecule has 3 aliphatic heterocycles. The fraction of sp³-hybridized carbons (Fsp3) is 0.659. The molecule has 542 valence electrons. The summed E-state index contributed by atoms with van der Waals surface area (Å²) in [5.41, 5.74) is -3.65. The Bertz CT molecular complexity index is 4340. The smallest absolute Gasteiger partial charge is 0.262 e. The molecule has 19 nitrogen and oxygen atoms in total. The second-order valence-corrected chi connectivity index (χ2v) is 32.0. The lowest BCUT2D eigenvalue weighted by Crippen LogP contribution is -2.47. The Morgan fingerprint density at radius 2 is 0.752 bits per heavy atom. The van der Waals surface area contributed by atoms with E-state index in [1.807, 2.05) is 0 Å². The number of likely N-dealkylation sites (tertiary alicyclic amines) is 1. The molecule has 101 heavy (non-hydrogen) atoms. The van der Waals surface area contributed by atoms with Gasteiger partial charge in [-0.05, 0) is 117 Å². The van der Waals surface area contributed by atoms with E-state index < -0.39 is 44.5 Å². The predicted molar refractivity (Wildman–Crippen MR) is 395 cm³/mol.